The molecule has 2 unspecified atom stereocenters. The van der Waals surface area contributed by atoms with Gasteiger partial charge in [-0.25, -0.2) is 4.79 Å². The van der Waals surface area contributed by atoms with E-state index in [-0.39, 0.29) is 11.5 Å². The number of hydrogen-bond acceptors (Lipinski definition) is 2. The topological polar surface area (TPSA) is 50.2 Å². The summed E-state index contributed by atoms with van der Waals surface area (Å²) in [5, 5.41) is 11.0. The number of hydrogen-bond donors (Lipinski definition) is 1. The number of aromatic nitrogens is 1. The lowest BCUT2D eigenvalue weighted by Gasteiger charge is -2.29. The average molecular weight is 324 g/mol. The number of nitrogens with zero attached hydrogens (tertiary/aromatic N) is 1. The molecule has 0 aliphatic heterocycles. The summed E-state index contributed by atoms with van der Waals surface area (Å²) in [7, 11) is 0. The molecule has 0 radical (unpaired) electrons. The number of carboxylic acids is 1. The van der Waals surface area contributed by atoms with Crippen LogP contribution in [0.2, 0.25) is 10.0 Å². The molecule has 0 amide bonds. The van der Waals surface area contributed by atoms with Gasteiger partial charge in [0, 0.05) is 17.0 Å². The van der Waals surface area contributed by atoms with Crippen LogP contribution < -0.4 is 0 Å². The fraction of sp³-hybridized carbons (Fsp3) is 0.375. The summed E-state index contributed by atoms with van der Waals surface area (Å²) in [5.74, 6) is -0.280. The van der Waals surface area contributed by atoms with Gasteiger partial charge in [0.15, 0.2) is 0 Å². The third-order valence-electron chi connectivity index (χ3n) is 4.52. The largest absolute Gasteiger partial charge is 0.478 e. The molecule has 0 saturated carbocycles. The van der Waals surface area contributed by atoms with E-state index < -0.39 is 5.97 Å². The van der Waals surface area contributed by atoms with Crippen LogP contribution in [0.25, 0.3) is 10.9 Å². The molecule has 21 heavy (non-hydrogen) atoms. The first kappa shape index (κ1) is 14.6. The van der Waals surface area contributed by atoms with Crippen LogP contribution in [0.15, 0.2) is 12.1 Å². The Bertz CT molecular complexity index is 758. The number of halogens is 2. The summed E-state index contributed by atoms with van der Waals surface area (Å²) in [4.78, 5) is 16.5. The van der Waals surface area contributed by atoms with E-state index in [2.05, 4.69) is 18.8 Å². The number of rotatable bonds is 1. The molecule has 3 rings (SSSR count). The van der Waals surface area contributed by atoms with Gasteiger partial charge in [0.05, 0.1) is 21.1 Å². The number of aromatic carboxylic acids is 1. The molecule has 2 aromatic rings. The van der Waals surface area contributed by atoms with Gasteiger partial charge >= 0.3 is 5.97 Å². The summed E-state index contributed by atoms with van der Waals surface area (Å²) >= 11 is 12.4. The van der Waals surface area contributed by atoms with E-state index in [1.165, 1.54) is 0 Å². The third-order valence-corrected chi connectivity index (χ3v) is 5.14. The van der Waals surface area contributed by atoms with Crippen LogP contribution in [0.5, 0.6) is 0 Å². The van der Waals surface area contributed by atoms with Gasteiger partial charge < -0.3 is 5.11 Å². The summed E-state index contributed by atoms with van der Waals surface area (Å²) in [6.07, 6.45) is 1.67. The van der Waals surface area contributed by atoms with Crippen LogP contribution in [0.3, 0.4) is 0 Å². The van der Waals surface area contributed by atoms with Gasteiger partial charge in [0.1, 0.15) is 0 Å². The second-order valence-corrected chi connectivity index (χ2v) is 6.53. The summed E-state index contributed by atoms with van der Waals surface area (Å²) in [6.45, 7) is 4.26. The highest BCUT2D eigenvalue weighted by Crippen LogP contribution is 2.41. The predicted octanol–water partition coefficient (Wildman–Crippen LogP) is 4.93. The van der Waals surface area contributed by atoms with E-state index in [1.54, 1.807) is 12.1 Å². The molecule has 1 aromatic carbocycles. The van der Waals surface area contributed by atoms with Crippen LogP contribution in [0, 0.1) is 5.92 Å². The zero-order valence-electron chi connectivity index (χ0n) is 11.8. The van der Waals surface area contributed by atoms with Crippen LogP contribution in [0.1, 0.15) is 47.8 Å². The van der Waals surface area contributed by atoms with Crippen molar-refractivity contribution < 1.29 is 9.90 Å². The van der Waals surface area contributed by atoms with E-state index in [9.17, 15) is 9.90 Å². The number of carbonyl (C=O) groups is 1. The second-order valence-electron chi connectivity index (χ2n) is 5.71. The Morgan fingerprint density at radius 1 is 1.29 bits per heavy atom. The molecule has 1 aliphatic carbocycles. The Hall–Kier alpha value is -1.32. The molecule has 110 valence electrons. The molecule has 1 aromatic heterocycles. The second kappa shape index (κ2) is 5.15. The number of benzene rings is 1. The van der Waals surface area contributed by atoms with Crippen molar-refractivity contribution in [2.75, 3.05) is 0 Å². The Balaban J connectivity index is 2.48. The fourth-order valence-electron chi connectivity index (χ4n) is 3.11. The maximum absolute atomic E-state index is 11.8. The lowest BCUT2D eigenvalue weighted by atomic mass is 9.78. The van der Waals surface area contributed by atoms with Gasteiger partial charge in [-0.15, -0.1) is 0 Å². The summed E-state index contributed by atoms with van der Waals surface area (Å²) < 4.78 is 0. The predicted molar refractivity (Wildman–Crippen MR) is 84.6 cm³/mol. The van der Waals surface area contributed by atoms with Crippen molar-refractivity contribution in [1.29, 1.82) is 0 Å². The smallest absolute Gasteiger partial charge is 0.336 e. The summed E-state index contributed by atoms with van der Waals surface area (Å²) in [6, 6.07) is 3.29. The van der Waals surface area contributed by atoms with Crippen molar-refractivity contribution in [3.05, 3.63) is 39.0 Å². The maximum Gasteiger partial charge on any atom is 0.336 e. The zero-order valence-corrected chi connectivity index (χ0v) is 13.3. The van der Waals surface area contributed by atoms with Crippen molar-refractivity contribution in [2.24, 2.45) is 5.92 Å². The minimum Gasteiger partial charge on any atom is -0.478 e. The molecule has 1 aliphatic rings. The number of fused-ring (bicyclic) bond motifs is 2. The highest BCUT2D eigenvalue weighted by Gasteiger charge is 2.30. The van der Waals surface area contributed by atoms with Gasteiger partial charge in [-0.2, -0.15) is 0 Å². The Kier molecular flexibility index (Phi) is 3.58. The van der Waals surface area contributed by atoms with Gasteiger partial charge in [-0.05, 0) is 36.5 Å². The van der Waals surface area contributed by atoms with Gasteiger partial charge in [0.2, 0.25) is 0 Å². The molecule has 1 N–H and O–H groups in total. The van der Waals surface area contributed by atoms with E-state index >= 15 is 0 Å². The third kappa shape index (κ3) is 2.19. The zero-order chi connectivity index (χ0) is 15.3. The van der Waals surface area contributed by atoms with Gasteiger partial charge in [-0.3, -0.25) is 4.98 Å². The van der Waals surface area contributed by atoms with E-state index in [4.69, 9.17) is 23.2 Å². The van der Waals surface area contributed by atoms with Crippen molar-refractivity contribution >= 4 is 40.1 Å². The Morgan fingerprint density at radius 2 is 1.95 bits per heavy atom. The minimum absolute atomic E-state index is 0.214. The molecule has 0 saturated heterocycles. The minimum atomic E-state index is -0.968. The highest BCUT2D eigenvalue weighted by molar-refractivity contribution is 6.41. The summed E-state index contributed by atoms with van der Waals surface area (Å²) in [5.41, 5.74) is 2.41. The SMILES string of the molecule is CC1CCc2c(nc3c(Cl)ccc(Cl)c3c2C(=O)O)C1C. The standard InChI is InChI=1S/C16H15Cl2NO2/c1-7-3-4-9-12(16(20)21)13-10(17)5-6-11(18)15(13)19-14(9)8(7)2/h5-8H,3-4H2,1-2H3,(H,20,21). The number of pyridine rings is 1. The van der Waals surface area contributed by atoms with E-state index in [0.717, 1.165) is 17.7 Å². The Labute approximate surface area is 132 Å². The molecule has 0 bridgehead atoms. The van der Waals surface area contributed by atoms with Crippen LogP contribution in [0.4, 0.5) is 0 Å². The molecule has 0 fully saturated rings. The first-order valence-corrected chi connectivity index (χ1v) is 7.71. The Morgan fingerprint density at radius 3 is 2.62 bits per heavy atom. The van der Waals surface area contributed by atoms with Gasteiger partial charge in [-0.1, -0.05) is 37.0 Å². The highest BCUT2D eigenvalue weighted by atomic mass is 35.5. The monoisotopic (exact) mass is 323 g/mol. The lowest BCUT2D eigenvalue weighted by molar-refractivity contribution is 0.0697. The quantitative estimate of drug-likeness (QED) is 0.809. The molecular weight excluding hydrogens is 309 g/mol. The molecule has 1 heterocycles. The van der Waals surface area contributed by atoms with Crippen molar-refractivity contribution in [2.45, 2.75) is 32.6 Å². The fourth-order valence-corrected chi connectivity index (χ4v) is 3.56. The first-order valence-electron chi connectivity index (χ1n) is 6.95. The lowest BCUT2D eigenvalue weighted by Crippen LogP contribution is -2.21. The molecule has 2 atom stereocenters. The van der Waals surface area contributed by atoms with Crippen LogP contribution in [-0.4, -0.2) is 16.1 Å². The van der Waals surface area contributed by atoms with Crippen molar-refractivity contribution in [1.82, 2.24) is 4.98 Å². The van der Waals surface area contributed by atoms with E-state index in [1.807, 2.05) is 0 Å². The normalized spacial score (nSPS) is 21.3. The first-order chi connectivity index (χ1) is 9.91. The molecule has 5 heteroatoms. The maximum atomic E-state index is 11.8. The van der Waals surface area contributed by atoms with Gasteiger partial charge in [0.25, 0.3) is 0 Å². The van der Waals surface area contributed by atoms with E-state index in [0.29, 0.717) is 33.3 Å². The molecule has 3 nitrogen and oxygen atoms in total. The molecule has 0 spiro atoms. The van der Waals surface area contributed by atoms with Crippen molar-refractivity contribution in [3.8, 4) is 0 Å². The number of carboxylic acid groups (broad SMARTS) is 1. The molecular formula is C16H15Cl2NO2. The van der Waals surface area contributed by atoms with Crippen LogP contribution >= 0.6 is 23.2 Å². The average Bonchev–Trinajstić information content (AvgIpc) is 2.45. The van der Waals surface area contributed by atoms with Crippen molar-refractivity contribution in [3.63, 3.8) is 0 Å². The van der Waals surface area contributed by atoms with Crippen LogP contribution in [-0.2, 0) is 6.42 Å².